The van der Waals surface area contributed by atoms with E-state index in [2.05, 4.69) is 10.6 Å². The molecule has 1 aromatic heterocycles. The number of carbonyl (C=O) groups is 3. The zero-order chi connectivity index (χ0) is 20.0. The third kappa shape index (κ3) is 5.10. The first kappa shape index (κ1) is 20.0. The molecule has 0 saturated carbocycles. The zero-order valence-electron chi connectivity index (χ0n) is 15.3. The molecule has 3 N–H and O–H groups in total. The van der Waals surface area contributed by atoms with Gasteiger partial charge in [0, 0.05) is 0 Å². The quantitative estimate of drug-likeness (QED) is 0.651. The van der Waals surface area contributed by atoms with Crippen molar-refractivity contribution < 1.29 is 28.6 Å². The van der Waals surface area contributed by atoms with Crippen LogP contribution in [0.2, 0.25) is 0 Å². The normalized spacial score (nSPS) is 11.7. The van der Waals surface area contributed by atoms with Gasteiger partial charge in [0.1, 0.15) is 17.6 Å². The number of carbonyl (C=O) groups excluding carboxylic acids is 2. The van der Waals surface area contributed by atoms with Crippen molar-refractivity contribution >= 4 is 17.8 Å². The average Bonchev–Trinajstić information content (AvgIpc) is 3.13. The van der Waals surface area contributed by atoms with Crippen LogP contribution in [-0.4, -0.2) is 36.0 Å². The number of hydrogen-bond donors (Lipinski definition) is 3. The molecule has 0 aliphatic carbocycles. The summed E-state index contributed by atoms with van der Waals surface area (Å²) in [6.07, 6.45) is 0. The van der Waals surface area contributed by atoms with Gasteiger partial charge in [-0.25, -0.2) is 4.79 Å². The second-order valence-corrected chi connectivity index (χ2v) is 6.18. The average molecular weight is 374 g/mol. The second-order valence-electron chi connectivity index (χ2n) is 6.18. The number of rotatable bonds is 8. The molecule has 1 atom stereocenters. The summed E-state index contributed by atoms with van der Waals surface area (Å²) < 4.78 is 10.3. The first-order valence-electron chi connectivity index (χ1n) is 8.37. The number of carboxylic acids is 1. The Labute approximate surface area is 156 Å². The Morgan fingerprint density at radius 3 is 2.44 bits per heavy atom. The molecular weight excluding hydrogens is 352 g/mol. The van der Waals surface area contributed by atoms with Crippen LogP contribution in [-0.2, 0) is 11.3 Å². The van der Waals surface area contributed by atoms with Crippen molar-refractivity contribution in [2.45, 2.75) is 26.4 Å². The van der Waals surface area contributed by atoms with Crippen LogP contribution in [0.3, 0.4) is 0 Å². The van der Waals surface area contributed by atoms with E-state index in [0.29, 0.717) is 17.1 Å². The maximum atomic E-state index is 12.5. The van der Waals surface area contributed by atoms with Crippen LogP contribution in [0, 0.1) is 5.92 Å². The van der Waals surface area contributed by atoms with Crippen LogP contribution in [0.1, 0.15) is 40.5 Å². The van der Waals surface area contributed by atoms with Crippen molar-refractivity contribution in [3.05, 3.63) is 53.5 Å². The predicted octanol–water partition coefficient (Wildman–Crippen LogP) is 2.06. The standard InChI is InChI=1S/C19H22N2O6/c1-11(2)16(21-17(22)13-6-4-5-7-14(13)26-3)18(23)20-10-12-8-9-15(27-12)19(24)25/h4-9,11,16H,10H2,1-3H3,(H,20,23)(H,21,22)(H,24,25). The lowest BCUT2D eigenvalue weighted by atomic mass is 10.0. The molecule has 2 aromatic rings. The molecule has 0 spiro atoms. The fourth-order valence-electron chi connectivity index (χ4n) is 2.46. The van der Waals surface area contributed by atoms with Crippen molar-refractivity contribution in [2.24, 2.45) is 5.92 Å². The smallest absolute Gasteiger partial charge is 0.371 e. The van der Waals surface area contributed by atoms with Gasteiger partial charge in [0.25, 0.3) is 5.91 Å². The first-order chi connectivity index (χ1) is 12.8. The molecule has 144 valence electrons. The molecule has 1 aromatic carbocycles. The summed E-state index contributed by atoms with van der Waals surface area (Å²) in [6, 6.07) is 8.73. The number of ether oxygens (including phenoxy) is 1. The maximum Gasteiger partial charge on any atom is 0.371 e. The van der Waals surface area contributed by atoms with E-state index in [1.807, 2.05) is 13.8 Å². The third-order valence-corrected chi connectivity index (χ3v) is 3.90. The number of carboxylic acid groups (broad SMARTS) is 1. The van der Waals surface area contributed by atoms with Gasteiger partial charge in [-0.2, -0.15) is 0 Å². The van der Waals surface area contributed by atoms with Gasteiger partial charge in [-0.1, -0.05) is 26.0 Å². The Bertz CT molecular complexity index is 827. The summed E-state index contributed by atoms with van der Waals surface area (Å²) in [6.45, 7) is 3.63. The molecule has 27 heavy (non-hydrogen) atoms. The summed E-state index contributed by atoms with van der Waals surface area (Å²) in [5, 5.41) is 14.2. The highest BCUT2D eigenvalue weighted by molar-refractivity contribution is 5.99. The predicted molar refractivity (Wildman–Crippen MR) is 96.6 cm³/mol. The largest absolute Gasteiger partial charge is 0.496 e. The maximum absolute atomic E-state index is 12.5. The van der Waals surface area contributed by atoms with Gasteiger partial charge < -0.3 is 24.9 Å². The van der Waals surface area contributed by atoms with Crippen LogP contribution in [0.25, 0.3) is 0 Å². The fraction of sp³-hybridized carbons (Fsp3) is 0.316. The Morgan fingerprint density at radius 2 is 1.85 bits per heavy atom. The molecule has 8 heteroatoms. The number of para-hydroxylation sites is 1. The number of nitrogens with one attached hydrogen (secondary N) is 2. The SMILES string of the molecule is COc1ccccc1C(=O)NC(C(=O)NCc1ccc(C(=O)O)o1)C(C)C. The number of amides is 2. The minimum absolute atomic E-state index is 0.0138. The van der Waals surface area contributed by atoms with E-state index in [9.17, 15) is 14.4 Å². The van der Waals surface area contributed by atoms with Crippen molar-refractivity contribution in [3.63, 3.8) is 0 Å². The number of aromatic carboxylic acids is 1. The monoisotopic (exact) mass is 374 g/mol. The molecular formula is C19H22N2O6. The van der Waals surface area contributed by atoms with E-state index in [-0.39, 0.29) is 18.2 Å². The lowest BCUT2D eigenvalue weighted by molar-refractivity contribution is -0.124. The number of benzene rings is 1. The Kier molecular flexibility index (Phi) is 6.59. The Balaban J connectivity index is 2.03. The van der Waals surface area contributed by atoms with Crippen molar-refractivity contribution in [2.75, 3.05) is 7.11 Å². The van der Waals surface area contributed by atoms with Crippen molar-refractivity contribution in [3.8, 4) is 5.75 Å². The molecule has 0 saturated heterocycles. The third-order valence-electron chi connectivity index (χ3n) is 3.90. The summed E-state index contributed by atoms with van der Waals surface area (Å²) in [4.78, 5) is 35.9. The summed E-state index contributed by atoms with van der Waals surface area (Å²) in [5.41, 5.74) is 0.329. The van der Waals surface area contributed by atoms with Crippen LogP contribution in [0.15, 0.2) is 40.8 Å². The molecule has 0 fully saturated rings. The Morgan fingerprint density at radius 1 is 1.15 bits per heavy atom. The van der Waals surface area contributed by atoms with E-state index in [1.165, 1.54) is 19.2 Å². The highest BCUT2D eigenvalue weighted by Gasteiger charge is 2.26. The van der Waals surface area contributed by atoms with Gasteiger partial charge in [0.05, 0.1) is 19.2 Å². The highest BCUT2D eigenvalue weighted by Crippen LogP contribution is 2.17. The number of hydrogen-bond acceptors (Lipinski definition) is 5. The lowest BCUT2D eigenvalue weighted by Gasteiger charge is -2.22. The van der Waals surface area contributed by atoms with E-state index in [0.717, 1.165) is 0 Å². The van der Waals surface area contributed by atoms with Gasteiger partial charge >= 0.3 is 5.97 Å². The molecule has 0 aliphatic heterocycles. The topological polar surface area (TPSA) is 118 Å². The second kappa shape index (κ2) is 8.88. The zero-order valence-corrected chi connectivity index (χ0v) is 15.3. The molecule has 1 heterocycles. The summed E-state index contributed by atoms with van der Waals surface area (Å²) >= 11 is 0. The van der Waals surface area contributed by atoms with Gasteiger partial charge in [0.2, 0.25) is 11.7 Å². The number of methoxy groups -OCH3 is 1. The Hall–Kier alpha value is -3.29. The van der Waals surface area contributed by atoms with Crippen LogP contribution in [0.4, 0.5) is 0 Å². The van der Waals surface area contributed by atoms with Gasteiger partial charge in [-0.05, 0) is 30.2 Å². The van der Waals surface area contributed by atoms with Crippen LogP contribution < -0.4 is 15.4 Å². The van der Waals surface area contributed by atoms with Crippen LogP contribution in [0.5, 0.6) is 5.75 Å². The van der Waals surface area contributed by atoms with Gasteiger partial charge in [-0.15, -0.1) is 0 Å². The highest BCUT2D eigenvalue weighted by atomic mass is 16.5. The van der Waals surface area contributed by atoms with Crippen molar-refractivity contribution in [1.82, 2.24) is 10.6 Å². The van der Waals surface area contributed by atoms with E-state index in [4.69, 9.17) is 14.3 Å². The minimum atomic E-state index is -1.18. The van der Waals surface area contributed by atoms with E-state index >= 15 is 0 Å². The molecule has 1 unspecified atom stereocenters. The summed E-state index contributed by atoms with van der Waals surface area (Å²) in [5.74, 6) is -1.67. The molecule has 0 aliphatic rings. The van der Waals surface area contributed by atoms with Gasteiger partial charge in [-0.3, -0.25) is 9.59 Å². The van der Waals surface area contributed by atoms with E-state index < -0.39 is 23.8 Å². The molecule has 8 nitrogen and oxygen atoms in total. The summed E-state index contributed by atoms with van der Waals surface area (Å²) in [7, 11) is 1.47. The molecule has 0 bridgehead atoms. The minimum Gasteiger partial charge on any atom is -0.496 e. The molecule has 2 rings (SSSR count). The lowest BCUT2D eigenvalue weighted by Crippen LogP contribution is -2.49. The molecule has 2 amide bonds. The van der Waals surface area contributed by atoms with Gasteiger partial charge in [0.15, 0.2) is 0 Å². The first-order valence-corrected chi connectivity index (χ1v) is 8.37. The number of furan rings is 1. The van der Waals surface area contributed by atoms with Crippen LogP contribution >= 0.6 is 0 Å². The van der Waals surface area contributed by atoms with Crippen molar-refractivity contribution in [1.29, 1.82) is 0 Å². The molecule has 0 radical (unpaired) electrons. The van der Waals surface area contributed by atoms with E-state index in [1.54, 1.807) is 24.3 Å². The fourth-order valence-corrected chi connectivity index (χ4v) is 2.46.